The predicted octanol–water partition coefficient (Wildman–Crippen LogP) is 4.28. The van der Waals surface area contributed by atoms with Crippen LogP contribution in [0.1, 0.15) is 17.3 Å². The van der Waals surface area contributed by atoms with Crippen molar-refractivity contribution in [1.29, 1.82) is 0 Å². The lowest BCUT2D eigenvalue weighted by molar-refractivity contribution is 0.180. The van der Waals surface area contributed by atoms with Gasteiger partial charge in [-0.3, -0.25) is 0 Å². The summed E-state index contributed by atoms with van der Waals surface area (Å²) in [5.74, 6) is 1.01. The van der Waals surface area contributed by atoms with Gasteiger partial charge in [0.05, 0.1) is 14.2 Å². The van der Waals surface area contributed by atoms with Crippen molar-refractivity contribution in [2.75, 3.05) is 26.1 Å². The van der Waals surface area contributed by atoms with E-state index >= 15 is 0 Å². The number of hydrogen-bond donors (Lipinski definition) is 1. The Labute approximate surface area is 168 Å². The van der Waals surface area contributed by atoms with Gasteiger partial charge in [0, 0.05) is 36.2 Å². The van der Waals surface area contributed by atoms with Crippen LogP contribution in [0, 0.1) is 5.82 Å². The third kappa shape index (κ3) is 3.63. The van der Waals surface area contributed by atoms with E-state index in [1.165, 1.54) is 12.1 Å². The molecule has 2 amide bonds. The standard InChI is InChI=1S/C22H22FN3O3/c1-28-17-9-10-20(29-2)18(14-17)21-19-4-3-11-25(19)12-13-26(21)22(27)24-16-7-5-15(23)6-8-16/h3-11,14,21H,12-13H2,1-2H3,(H,24,27)/t21-/m0/s1. The average Bonchev–Trinajstić information content (AvgIpc) is 3.23. The van der Waals surface area contributed by atoms with Crippen LogP contribution < -0.4 is 14.8 Å². The summed E-state index contributed by atoms with van der Waals surface area (Å²) >= 11 is 0. The number of halogens is 1. The normalized spacial score (nSPS) is 15.6. The topological polar surface area (TPSA) is 55.7 Å². The molecule has 0 saturated carbocycles. The van der Waals surface area contributed by atoms with Gasteiger partial charge in [0.1, 0.15) is 23.4 Å². The summed E-state index contributed by atoms with van der Waals surface area (Å²) in [5, 5.41) is 2.87. The molecule has 0 fully saturated rings. The molecular weight excluding hydrogens is 373 g/mol. The summed E-state index contributed by atoms with van der Waals surface area (Å²) in [5.41, 5.74) is 2.35. The number of fused-ring (bicyclic) bond motifs is 1. The van der Waals surface area contributed by atoms with Crippen LogP contribution in [0.25, 0.3) is 0 Å². The SMILES string of the molecule is COc1ccc(OC)c([C@H]2c3cccn3CCN2C(=O)Nc2ccc(F)cc2)c1. The van der Waals surface area contributed by atoms with Crippen LogP contribution in [0.4, 0.5) is 14.9 Å². The number of ether oxygens (including phenoxy) is 2. The average molecular weight is 395 g/mol. The highest BCUT2D eigenvalue weighted by Gasteiger charge is 2.34. The number of rotatable bonds is 4. The molecule has 1 N–H and O–H groups in total. The first-order valence-electron chi connectivity index (χ1n) is 9.31. The number of aromatic nitrogens is 1. The van der Waals surface area contributed by atoms with Crippen LogP contribution in [0.3, 0.4) is 0 Å². The van der Waals surface area contributed by atoms with Gasteiger partial charge in [0.15, 0.2) is 0 Å². The Morgan fingerprint density at radius 2 is 1.86 bits per heavy atom. The van der Waals surface area contributed by atoms with Gasteiger partial charge in [0.25, 0.3) is 0 Å². The fourth-order valence-electron chi connectivity index (χ4n) is 3.71. The molecule has 2 aromatic carbocycles. The number of amides is 2. The van der Waals surface area contributed by atoms with Crippen molar-refractivity contribution >= 4 is 11.7 Å². The molecule has 3 aromatic rings. The number of benzene rings is 2. The monoisotopic (exact) mass is 395 g/mol. The van der Waals surface area contributed by atoms with Crippen LogP contribution in [0.5, 0.6) is 11.5 Å². The molecular formula is C22H22FN3O3. The second-order valence-corrected chi connectivity index (χ2v) is 6.77. The number of hydrogen-bond acceptors (Lipinski definition) is 3. The van der Waals surface area contributed by atoms with E-state index < -0.39 is 0 Å². The minimum Gasteiger partial charge on any atom is -0.497 e. The lowest BCUT2D eigenvalue weighted by Gasteiger charge is -2.37. The smallest absolute Gasteiger partial charge is 0.322 e. The highest BCUT2D eigenvalue weighted by atomic mass is 19.1. The van der Waals surface area contributed by atoms with Gasteiger partial charge >= 0.3 is 6.03 Å². The van der Waals surface area contributed by atoms with Gasteiger partial charge < -0.3 is 24.3 Å². The molecule has 6 nitrogen and oxygen atoms in total. The van der Waals surface area contributed by atoms with E-state index in [0.717, 1.165) is 11.3 Å². The van der Waals surface area contributed by atoms with Crippen molar-refractivity contribution in [2.45, 2.75) is 12.6 Å². The second-order valence-electron chi connectivity index (χ2n) is 6.77. The fourth-order valence-corrected chi connectivity index (χ4v) is 3.71. The zero-order valence-electron chi connectivity index (χ0n) is 16.3. The molecule has 0 unspecified atom stereocenters. The third-order valence-electron chi connectivity index (χ3n) is 5.13. The van der Waals surface area contributed by atoms with E-state index in [2.05, 4.69) is 9.88 Å². The molecule has 1 atom stereocenters. The Bertz CT molecular complexity index is 1020. The Kier molecular flexibility index (Phi) is 5.12. The summed E-state index contributed by atoms with van der Waals surface area (Å²) in [7, 11) is 3.21. The Morgan fingerprint density at radius 3 is 2.59 bits per heavy atom. The summed E-state index contributed by atoms with van der Waals surface area (Å²) in [6.07, 6.45) is 2.00. The van der Waals surface area contributed by atoms with Crippen molar-refractivity contribution in [3.8, 4) is 11.5 Å². The van der Waals surface area contributed by atoms with Gasteiger partial charge in [-0.15, -0.1) is 0 Å². The first-order chi connectivity index (χ1) is 14.1. The molecule has 4 rings (SSSR count). The number of carbonyl (C=O) groups excluding carboxylic acids is 1. The van der Waals surface area contributed by atoms with Crippen molar-refractivity contribution in [3.63, 3.8) is 0 Å². The molecule has 0 saturated heterocycles. The molecule has 150 valence electrons. The zero-order chi connectivity index (χ0) is 20.4. The molecule has 1 aromatic heterocycles. The number of carbonyl (C=O) groups is 1. The minimum atomic E-state index is -0.357. The molecule has 0 radical (unpaired) electrons. The maximum atomic E-state index is 13.2. The maximum absolute atomic E-state index is 13.2. The van der Waals surface area contributed by atoms with E-state index in [1.807, 2.05) is 36.5 Å². The number of anilines is 1. The Balaban J connectivity index is 1.73. The van der Waals surface area contributed by atoms with E-state index in [1.54, 1.807) is 31.3 Å². The van der Waals surface area contributed by atoms with Gasteiger partial charge in [-0.05, 0) is 54.6 Å². The van der Waals surface area contributed by atoms with Crippen LogP contribution in [0.15, 0.2) is 60.8 Å². The molecule has 0 aliphatic carbocycles. The van der Waals surface area contributed by atoms with Crippen LogP contribution in [0.2, 0.25) is 0 Å². The fraction of sp³-hybridized carbons (Fsp3) is 0.227. The van der Waals surface area contributed by atoms with Gasteiger partial charge in [-0.1, -0.05) is 0 Å². The zero-order valence-corrected chi connectivity index (χ0v) is 16.3. The van der Waals surface area contributed by atoms with E-state index in [0.29, 0.717) is 30.3 Å². The quantitative estimate of drug-likeness (QED) is 0.717. The minimum absolute atomic E-state index is 0.265. The van der Waals surface area contributed by atoms with Crippen LogP contribution >= 0.6 is 0 Å². The first kappa shape index (κ1) is 18.9. The predicted molar refractivity (Wildman–Crippen MR) is 108 cm³/mol. The lowest BCUT2D eigenvalue weighted by atomic mass is 9.98. The van der Waals surface area contributed by atoms with Crippen molar-refractivity contribution < 1.29 is 18.7 Å². The van der Waals surface area contributed by atoms with E-state index in [9.17, 15) is 9.18 Å². The van der Waals surface area contributed by atoms with Crippen molar-refractivity contribution in [2.24, 2.45) is 0 Å². The number of nitrogens with zero attached hydrogens (tertiary/aromatic N) is 2. The van der Waals surface area contributed by atoms with Crippen molar-refractivity contribution in [1.82, 2.24) is 9.47 Å². The molecule has 0 spiro atoms. The van der Waals surface area contributed by atoms with Crippen molar-refractivity contribution in [3.05, 3.63) is 77.9 Å². The highest BCUT2D eigenvalue weighted by molar-refractivity contribution is 5.90. The maximum Gasteiger partial charge on any atom is 0.322 e. The number of nitrogens with one attached hydrogen (secondary N) is 1. The first-order valence-corrected chi connectivity index (χ1v) is 9.31. The summed E-state index contributed by atoms with van der Waals surface area (Å²) in [4.78, 5) is 14.9. The molecule has 0 bridgehead atoms. The molecule has 29 heavy (non-hydrogen) atoms. The highest BCUT2D eigenvalue weighted by Crippen LogP contribution is 2.39. The number of urea groups is 1. The Morgan fingerprint density at radius 1 is 1.07 bits per heavy atom. The largest absolute Gasteiger partial charge is 0.497 e. The van der Waals surface area contributed by atoms with E-state index in [-0.39, 0.29) is 17.9 Å². The Hall–Kier alpha value is -3.48. The summed E-state index contributed by atoms with van der Waals surface area (Å²) in [6, 6.07) is 14.6. The van der Waals surface area contributed by atoms with Gasteiger partial charge in [-0.25, -0.2) is 9.18 Å². The molecule has 2 heterocycles. The third-order valence-corrected chi connectivity index (χ3v) is 5.13. The van der Waals surface area contributed by atoms with Crippen LogP contribution in [-0.4, -0.2) is 36.3 Å². The summed E-state index contributed by atoms with van der Waals surface area (Å²) < 4.78 is 26.3. The van der Waals surface area contributed by atoms with Gasteiger partial charge in [0.2, 0.25) is 0 Å². The van der Waals surface area contributed by atoms with Crippen LogP contribution in [-0.2, 0) is 6.54 Å². The molecule has 7 heteroatoms. The second kappa shape index (κ2) is 7.87. The summed E-state index contributed by atoms with van der Waals surface area (Å²) in [6.45, 7) is 1.20. The van der Waals surface area contributed by atoms with Gasteiger partial charge in [-0.2, -0.15) is 0 Å². The van der Waals surface area contributed by atoms with E-state index in [4.69, 9.17) is 9.47 Å². The molecule has 1 aliphatic rings. The molecule has 1 aliphatic heterocycles. The lowest BCUT2D eigenvalue weighted by Crippen LogP contribution is -2.44. The number of methoxy groups -OCH3 is 2.